The van der Waals surface area contributed by atoms with Crippen LogP contribution in [0.4, 0.5) is 5.69 Å². The summed E-state index contributed by atoms with van der Waals surface area (Å²) in [6.45, 7) is 2.75. The van der Waals surface area contributed by atoms with Crippen LogP contribution in [0.5, 0.6) is 0 Å². The van der Waals surface area contributed by atoms with Crippen LogP contribution < -0.4 is 5.32 Å². The highest BCUT2D eigenvalue weighted by Gasteiger charge is 1.98. The van der Waals surface area contributed by atoms with E-state index in [1.807, 2.05) is 29.9 Å². The van der Waals surface area contributed by atoms with Gasteiger partial charge in [0.2, 0.25) is 0 Å². The number of aryl methyl sites for hydroxylation is 1. The molecule has 1 N–H and O–H groups in total. The van der Waals surface area contributed by atoms with E-state index in [-0.39, 0.29) is 0 Å². The van der Waals surface area contributed by atoms with E-state index in [2.05, 4.69) is 15.3 Å². The fourth-order valence-electron chi connectivity index (χ4n) is 1.18. The summed E-state index contributed by atoms with van der Waals surface area (Å²) in [6.07, 6.45) is 1.79. The Morgan fingerprint density at radius 3 is 3.07 bits per heavy atom. The first-order valence-corrected chi connectivity index (χ1v) is 5.33. The van der Waals surface area contributed by atoms with E-state index < -0.39 is 0 Å². The molecule has 0 aromatic carbocycles. The molecule has 0 aliphatic rings. The Morgan fingerprint density at radius 2 is 2.36 bits per heavy atom. The molecule has 4 heteroatoms. The first kappa shape index (κ1) is 9.15. The second kappa shape index (κ2) is 4.19. The van der Waals surface area contributed by atoms with Crippen LogP contribution in [0.2, 0.25) is 0 Å². The first-order valence-electron chi connectivity index (χ1n) is 4.39. The fourth-order valence-corrected chi connectivity index (χ4v) is 1.74. The third-order valence-corrected chi connectivity index (χ3v) is 2.59. The van der Waals surface area contributed by atoms with Crippen LogP contribution in [0.15, 0.2) is 29.2 Å². The van der Waals surface area contributed by atoms with Crippen LogP contribution in [-0.2, 0) is 6.54 Å². The van der Waals surface area contributed by atoms with Crippen LogP contribution in [0, 0.1) is 6.92 Å². The Labute approximate surface area is 86.8 Å². The molecule has 0 atom stereocenters. The zero-order valence-electron chi connectivity index (χ0n) is 7.90. The van der Waals surface area contributed by atoms with Gasteiger partial charge in [0.1, 0.15) is 0 Å². The molecular weight excluding hydrogens is 194 g/mol. The highest BCUT2D eigenvalue weighted by Crippen LogP contribution is 2.12. The van der Waals surface area contributed by atoms with E-state index in [1.54, 1.807) is 17.5 Å². The number of nitrogens with one attached hydrogen (secondary N) is 1. The summed E-state index contributed by atoms with van der Waals surface area (Å²) in [5.41, 5.74) is 4.99. The SMILES string of the molecule is Cc1ncccc1NCc1cscn1. The fraction of sp³-hybridized carbons (Fsp3) is 0.200. The quantitative estimate of drug-likeness (QED) is 0.836. The van der Waals surface area contributed by atoms with Crippen LogP contribution in [0.25, 0.3) is 0 Å². The summed E-state index contributed by atoms with van der Waals surface area (Å²) in [7, 11) is 0. The molecule has 2 aromatic rings. The van der Waals surface area contributed by atoms with Gasteiger partial charge in [-0.3, -0.25) is 4.98 Å². The molecule has 2 aromatic heterocycles. The smallest absolute Gasteiger partial charge is 0.0795 e. The van der Waals surface area contributed by atoms with Crippen molar-refractivity contribution in [3.8, 4) is 0 Å². The number of nitrogens with zero attached hydrogens (tertiary/aromatic N) is 2. The van der Waals surface area contributed by atoms with Crippen molar-refractivity contribution in [2.45, 2.75) is 13.5 Å². The van der Waals surface area contributed by atoms with Gasteiger partial charge in [0.25, 0.3) is 0 Å². The molecular formula is C10H11N3S. The van der Waals surface area contributed by atoms with Crippen molar-refractivity contribution in [3.63, 3.8) is 0 Å². The van der Waals surface area contributed by atoms with Gasteiger partial charge in [-0.1, -0.05) is 0 Å². The van der Waals surface area contributed by atoms with Gasteiger partial charge in [-0.15, -0.1) is 11.3 Å². The average molecular weight is 205 g/mol. The number of hydrogen-bond donors (Lipinski definition) is 1. The molecule has 0 radical (unpaired) electrons. The molecule has 14 heavy (non-hydrogen) atoms. The van der Waals surface area contributed by atoms with Crippen molar-refractivity contribution in [3.05, 3.63) is 40.6 Å². The predicted octanol–water partition coefficient (Wildman–Crippen LogP) is 2.46. The molecule has 0 unspecified atom stereocenters. The maximum absolute atomic E-state index is 4.20. The first-order chi connectivity index (χ1) is 6.86. The van der Waals surface area contributed by atoms with Gasteiger partial charge < -0.3 is 5.32 Å². The lowest BCUT2D eigenvalue weighted by Gasteiger charge is -2.06. The van der Waals surface area contributed by atoms with E-state index in [4.69, 9.17) is 0 Å². The van der Waals surface area contributed by atoms with Gasteiger partial charge in [0.05, 0.1) is 29.1 Å². The van der Waals surface area contributed by atoms with Crippen molar-refractivity contribution >= 4 is 17.0 Å². The van der Waals surface area contributed by atoms with Crippen LogP contribution >= 0.6 is 11.3 Å². The molecule has 3 nitrogen and oxygen atoms in total. The van der Waals surface area contributed by atoms with Gasteiger partial charge in [-0.2, -0.15) is 0 Å². The average Bonchev–Trinajstić information content (AvgIpc) is 2.69. The van der Waals surface area contributed by atoms with Crippen LogP contribution in [0.3, 0.4) is 0 Å². The lowest BCUT2D eigenvalue weighted by Crippen LogP contribution is -2.01. The number of aromatic nitrogens is 2. The van der Waals surface area contributed by atoms with Crippen LogP contribution in [-0.4, -0.2) is 9.97 Å². The zero-order chi connectivity index (χ0) is 9.80. The lowest BCUT2D eigenvalue weighted by molar-refractivity contribution is 1.06. The molecule has 2 rings (SSSR count). The summed E-state index contributed by atoms with van der Waals surface area (Å²) in [5.74, 6) is 0. The third kappa shape index (κ3) is 2.09. The normalized spacial score (nSPS) is 10.1. The van der Waals surface area contributed by atoms with Gasteiger partial charge >= 0.3 is 0 Å². The van der Waals surface area contributed by atoms with Crippen molar-refractivity contribution in [1.29, 1.82) is 0 Å². The number of rotatable bonds is 3. The minimum Gasteiger partial charge on any atom is -0.378 e. The van der Waals surface area contributed by atoms with E-state index >= 15 is 0 Å². The second-order valence-corrected chi connectivity index (χ2v) is 3.69. The summed E-state index contributed by atoms with van der Waals surface area (Å²) in [6, 6.07) is 3.95. The van der Waals surface area contributed by atoms with E-state index in [0.717, 1.165) is 23.6 Å². The zero-order valence-corrected chi connectivity index (χ0v) is 8.71. The molecule has 0 amide bonds. The van der Waals surface area contributed by atoms with Crippen LogP contribution in [0.1, 0.15) is 11.4 Å². The summed E-state index contributed by atoms with van der Waals surface area (Å²) in [4.78, 5) is 8.40. The topological polar surface area (TPSA) is 37.8 Å². The Bertz CT molecular complexity index is 398. The maximum Gasteiger partial charge on any atom is 0.0795 e. The largest absolute Gasteiger partial charge is 0.378 e. The predicted molar refractivity (Wildman–Crippen MR) is 58.4 cm³/mol. The van der Waals surface area contributed by atoms with Crippen molar-refractivity contribution in [2.75, 3.05) is 5.32 Å². The van der Waals surface area contributed by atoms with E-state index in [9.17, 15) is 0 Å². The number of anilines is 1. The van der Waals surface area contributed by atoms with E-state index in [1.165, 1.54) is 0 Å². The molecule has 0 fully saturated rings. The molecule has 0 bridgehead atoms. The van der Waals surface area contributed by atoms with Gasteiger partial charge in [0.15, 0.2) is 0 Å². The van der Waals surface area contributed by atoms with Crippen molar-refractivity contribution < 1.29 is 0 Å². The minimum absolute atomic E-state index is 0.760. The molecule has 72 valence electrons. The number of thiazole rings is 1. The summed E-state index contributed by atoms with van der Waals surface area (Å²) >= 11 is 1.61. The summed E-state index contributed by atoms with van der Waals surface area (Å²) < 4.78 is 0. The Hall–Kier alpha value is -1.42. The minimum atomic E-state index is 0.760. The van der Waals surface area contributed by atoms with Crippen molar-refractivity contribution in [1.82, 2.24) is 9.97 Å². The Balaban J connectivity index is 2.02. The van der Waals surface area contributed by atoms with Gasteiger partial charge in [-0.25, -0.2) is 4.98 Å². The highest BCUT2D eigenvalue weighted by molar-refractivity contribution is 7.07. The molecule has 0 aliphatic carbocycles. The summed E-state index contributed by atoms with van der Waals surface area (Å²) in [5, 5.41) is 5.34. The molecule has 0 saturated carbocycles. The van der Waals surface area contributed by atoms with Crippen molar-refractivity contribution in [2.24, 2.45) is 0 Å². The monoisotopic (exact) mass is 205 g/mol. The molecule has 2 heterocycles. The number of hydrogen-bond acceptors (Lipinski definition) is 4. The molecule has 0 aliphatic heterocycles. The Morgan fingerprint density at radius 1 is 1.43 bits per heavy atom. The lowest BCUT2D eigenvalue weighted by atomic mass is 10.3. The number of pyridine rings is 1. The molecule has 0 saturated heterocycles. The third-order valence-electron chi connectivity index (χ3n) is 1.95. The van der Waals surface area contributed by atoms with Gasteiger partial charge in [0, 0.05) is 11.6 Å². The molecule has 0 spiro atoms. The Kier molecular flexibility index (Phi) is 2.74. The standard InChI is InChI=1S/C10H11N3S/c1-8-10(3-2-4-11-8)12-5-9-6-14-7-13-9/h2-4,6-7,12H,5H2,1H3. The van der Waals surface area contributed by atoms with E-state index in [0.29, 0.717) is 0 Å². The second-order valence-electron chi connectivity index (χ2n) is 2.97. The maximum atomic E-state index is 4.20. The van der Waals surface area contributed by atoms with Gasteiger partial charge in [-0.05, 0) is 19.1 Å². The highest BCUT2D eigenvalue weighted by atomic mass is 32.1.